The first kappa shape index (κ1) is 16.8. The Hall–Kier alpha value is -1.25. The molecule has 0 aliphatic rings. The summed E-state index contributed by atoms with van der Waals surface area (Å²) in [5.41, 5.74) is -0.0948. The molecule has 0 spiro atoms. The summed E-state index contributed by atoms with van der Waals surface area (Å²) in [6.07, 6.45) is 1.88. The molecule has 0 radical (unpaired) electrons. The first-order valence-corrected chi connectivity index (χ1v) is 8.54. The molecule has 0 unspecified atom stereocenters. The van der Waals surface area contributed by atoms with Crippen molar-refractivity contribution in [3.05, 3.63) is 23.8 Å². The fourth-order valence-electron chi connectivity index (χ4n) is 1.52. The standard InChI is InChI=1S/C12H17NO5S2/c1-13(6-7-19-3)20(16,17)11-8-9(12(14)15)4-5-10(11)18-2/h4-5,8H,6-7H2,1-3H3,(H,14,15). The third kappa shape index (κ3) is 3.65. The predicted octanol–water partition coefficient (Wildman–Crippen LogP) is 1.38. The van der Waals surface area contributed by atoms with Gasteiger partial charge in [0.2, 0.25) is 10.0 Å². The Balaban J connectivity index is 3.27. The lowest BCUT2D eigenvalue weighted by atomic mass is 10.2. The van der Waals surface area contributed by atoms with E-state index in [2.05, 4.69) is 0 Å². The maximum atomic E-state index is 12.4. The second-order valence-corrected chi connectivity index (χ2v) is 6.99. The van der Waals surface area contributed by atoms with E-state index < -0.39 is 16.0 Å². The molecule has 0 saturated carbocycles. The van der Waals surface area contributed by atoms with E-state index >= 15 is 0 Å². The van der Waals surface area contributed by atoms with Gasteiger partial charge in [0, 0.05) is 19.3 Å². The summed E-state index contributed by atoms with van der Waals surface area (Å²) >= 11 is 1.53. The van der Waals surface area contributed by atoms with Crippen LogP contribution >= 0.6 is 11.8 Å². The Morgan fingerprint density at radius 3 is 2.60 bits per heavy atom. The van der Waals surface area contributed by atoms with Crippen LogP contribution in [0.1, 0.15) is 10.4 Å². The second-order valence-electron chi connectivity index (χ2n) is 3.99. The number of aromatic carboxylic acids is 1. The molecule has 0 saturated heterocycles. The van der Waals surface area contributed by atoms with Crippen LogP contribution in [-0.4, -0.2) is 56.5 Å². The van der Waals surface area contributed by atoms with Gasteiger partial charge in [-0.15, -0.1) is 0 Å². The Bertz CT molecular complexity index is 586. The molecule has 0 fully saturated rings. The summed E-state index contributed by atoms with van der Waals surface area (Å²) in [6.45, 7) is 0.337. The number of benzene rings is 1. The second kappa shape index (κ2) is 6.96. The molecule has 6 nitrogen and oxygen atoms in total. The van der Waals surface area contributed by atoms with E-state index in [1.165, 1.54) is 42.4 Å². The quantitative estimate of drug-likeness (QED) is 0.817. The van der Waals surface area contributed by atoms with Crippen molar-refractivity contribution in [2.24, 2.45) is 0 Å². The molecular weight excluding hydrogens is 302 g/mol. The number of methoxy groups -OCH3 is 1. The van der Waals surface area contributed by atoms with Gasteiger partial charge in [-0.2, -0.15) is 16.1 Å². The van der Waals surface area contributed by atoms with Gasteiger partial charge in [0.15, 0.2) is 0 Å². The van der Waals surface area contributed by atoms with Gasteiger partial charge in [-0.05, 0) is 24.5 Å². The summed E-state index contributed by atoms with van der Waals surface area (Å²) in [5, 5.41) is 8.97. The third-order valence-corrected chi connectivity index (χ3v) is 5.18. The number of hydrogen-bond acceptors (Lipinski definition) is 5. The van der Waals surface area contributed by atoms with Crippen LogP contribution in [0.3, 0.4) is 0 Å². The van der Waals surface area contributed by atoms with Gasteiger partial charge in [-0.1, -0.05) is 0 Å². The number of carbonyl (C=O) groups is 1. The Labute approximate surface area is 122 Å². The SMILES string of the molecule is COc1ccc(C(=O)O)cc1S(=O)(=O)N(C)CCSC. The number of thioether (sulfide) groups is 1. The maximum Gasteiger partial charge on any atom is 0.335 e. The fraction of sp³-hybridized carbons (Fsp3) is 0.417. The zero-order chi connectivity index (χ0) is 15.3. The zero-order valence-electron chi connectivity index (χ0n) is 11.5. The molecule has 112 valence electrons. The molecule has 0 aliphatic heterocycles. The van der Waals surface area contributed by atoms with E-state index in [1.54, 1.807) is 0 Å². The highest BCUT2D eigenvalue weighted by molar-refractivity contribution is 7.98. The Morgan fingerprint density at radius 1 is 1.45 bits per heavy atom. The van der Waals surface area contributed by atoms with Crippen LogP contribution in [-0.2, 0) is 10.0 Å². The van der Waals surface area contributed by atoms with Crippen molar-refractivity contribution in [3.63, 3.8) is 0 Å². The minimum Gasteiger partial charge on any atom is -0.495 e. The largest absolute Gasteiger partial charge is 0.495 e. The highest BCUT2D eigenvalue weighted by atomic mass is 32.2. The summed E-state index contributed by atoms with van der Waals surface area (Å²) in [5.74, 6) is -0.404. The minimum atomic E-state index is -3.78. The Morgan fingerprint density at radius 2 is 2.10 bits per heavy atom. The number of sulfonamides is 1. The molecule has 0 aromatic heterocycles. The van der Waals surface area contributed by atoms with Crippen LogP contribution < -0.4 is 4.74 Å². The molecule has 1 aromatic rings. The average Bonchev–Trinajstić information content (AvgIpc) is 2.43. The molecule has 0 heterocycles. The lowest BCUT2D eigenvalue weighted by molar-refractivity contribution is 0.0696. The molecule has 8 heteroatoms. The van der Waals surface area contributed by atoms with Gasteiger partial charge in [0.05, 0.1) is 12.7 Å². The van der Waals surface area contributed by atoms with Crippen molar-refractivity contribution in [1.29, 1.82) is 0 Å². The third-order valence-electron chi connectivity index (χ3n) is 2.71. The number of carboxylic acids is 1. The number of carboxylic acid groups (broad SMARTS) is 1. The van der Waals surface area contributed by atoms with Crippen LogP contribution in [0.5, 0.6) is 5.75 Å². The van der Waals surface area contributed by atoms with Crippen molar-refractivity contribution in [2.75, 3.05) is 32.7 Å². The van der Waals surface area contributed by atoms with Gasteiger partial charge in [0.25, 0.3) is 0 Å². The van der Waals surface area contributed by atoms with E-state index in [-0.39, 0.29) is 16.2 Å². The number of hydrogen-bond donors (Lipinski definition) is 1. The van der Waals surface area contributed by atoms with Crippen molar-refractivity contribution < 1.29 is 23.1 Å². The van der Waals surface area contributed by atoms with Crippen molar-refractivity contribution in [2.45, 2.75) is 4.90 Å². The van der Waals surface area contributed by atoms with Gasteiger partial charge in [0.1, 0.15) is 10.6 Å². The van der Waals surface area contributed by atoms with E-state index in [0.717, 1.165) is 6.07 Å². The van der Waals surface area contributed by atoms with Crippen molar-refractivity contribution in [3.8, 4) is 5.75 Å². The summed E-state index contributed by atoms with van der Waals surface area (Å²) in [4.78, 5) is 10.8. The van der Waals surface area contributed by atoms with Gasteiger partial charge >= 0.3 is 5.97 Å². The normalized spacial score (nSPS) is 11.6. The fourth-order valence-corrected chi connectivity index (χ4v) is 3.44. The monoisotopic (exact) mass is 319 g/mol. The highest BCUT2D eigenvalue weighted by Crippen LogP contribution is 2.27. The molecule has 20 heavy (non-hydrogen) atoms. The van der Waals surface area contributed by atoms with E-state index in [9.17, 15) is 13.2 Å². The first-order chi connectivity index (χ1) is 9.34. The topological polar surface area (TPSA) is 83.9 Å². The van der Waals surface area contributed by atoms with E-state index in [1.807, 2.05) is 6.26 Å². The van der Waals surface area contributed by atoms with Crippen LogP contribution in [0.15, 0.2) is 23.1 Å². The summed E-state index contributed by atoms with van der Waals surface area (Å²) < 4.78 is 31.1. The van der Waals surface area contributed by atoms with Crippen molar-refractivity contribution in [1.82, 2.24) is 4.31 Å². The van der Waals surface area contributed by atoms with E-state index in [4.69, 9.17) is 9.84 Å². The molecule has 0 aliphatic carbocycles. The zero-order valence-corrected chi connectivity index (χ0v) is 13.1. The molecule has 0 atom stereocenters. The lowest BCUT2D eigenvalue weighted by Crippen LogP contribution is -2.29. The number of ether oxygens (including phenoxy) is 1. The molecular formula is C12H17NO5S2. The molecule has 1 aromatic carbocycles. The number of rotatable bonds is 7. The first-order valence-electron chi connectivity index (χ1n) is 5.71. The minimum absolute atomic E-state index is 0.0948. The van der Waals surface area contributed by atoms with Crippen LogP contribution in [0.4, 0.5) is 0 Å². The molecule has 0 amide bonds. The van der Waals surface area contributed by atoms with Crippen LogP contribution in [0.2, 0.25) is 0 Å². The van der Waals surface area contributed by atoms with Gasteiger partial charge in [-0.3, -0.25) is 0 Å². The number of nitrogens with zero attached hydrogens (tertiary/aromatic N) is 1. The molecule has 0 bridgehead atoms. The Kier molecular flexibility index (Phi) is 5.85. The van der Waals surface area contributed by atoms with Crippen LogP contribution in [0, 0.1) is 0 Å². The lowest BCUT2D eigenvalue weighted by Gasteiger charge is -2.18. The van der Waals surface area contributed by atoms with E-state index in [0.29, 0.717) is 12.3 Å². The maximum absolute atomic E-state index is 12.4. The molecule has 1 rings (SSSR count). The predicted molar refractivity (Wildman–Crippen MR) is 78.2 cm³/mol. The summed E-state index contributed by atoms with van der Waals surface area (Å²) in [6, 6.07) is 3.77. The smallest absolute Gasteiger partial charge is 0.335 e. The van der Waals surface area contributed by atoms with Crippen molar-refractivity contribution >= 4 is 27.8 Å². The summed E-state index contributed by atoms with van der Waals surface area (Å²) in [7, 11) is -0.978. The average molecular weight is 319 g/mol. The molecule has 1 N–H and O–H groups in total. The van der Waals surface area contributed by atoms with Gasteiger partial charge in [-0.25, -0.2) is 13.2 Å². The van der Waals surface area contributed by atoms with Gasteiger partial charge < -0.3 is 9.84 Å². The van der Waals surface area contributed by atoms with Crippen LogP contribution in [0.25, 0.3) is 0 Å². The highest BCUT2D eigenvalue weighted by Gasteiger charge is 2.25.